The number of hydrogen-bond donors (Lipinski definition) is 4. The third kappa shape index (κ3) is 6.72. The lowest BCUT2D eigenvalue weighted by Crippen LogP contribution is -2.70. The number of aliphatic hydroxyl groups is 2. The number of carbonyl (C=O) groups excluding carboxylic acids is 5. The van der Waals surface area contributed by atoms with E-state index >= 15 is 8.78 Å². The number of halogens is 3. The summed E-state index contributed by atoms with van der Waals surface area (Å²) in [6.45, 7) is 5.63. The summed E-state index contributed by atoms with van der Waals surface area (Å²) in [5.41, 5.74) is -3.88. The Bertz CT molecular complexity index is 2080. The average Bonchev–Trinajstić information content (AvgIpc) is 3.69. The van der Waals surface area contributed by atoms with E-state index in [1.54, 1.807) is 26.8 Å². The average molecular weight is 868 g/mol. The summed E-state index contributed by atoms with van der Waals surface area (Å²) in [5, 5.41) is 27.6. The molecule has 3 saturated carbocycles. The Labute approximate surface area is 344 Å². The van der Waals surface area contributed by atoms with Crippen molar-refractivity contribution in [1.29, 1.82) is 0 Å². The minimum Gasteiger partial charge on any atom is -0.390 e. The van der Waals surface area contributed by atoms with Crippen molar-refractivity contribution < 1.29 is 52.4 Å². The van der Waals surface area contributed by atoms with Crippen molar-refractivity contribution >= 4 is 50.8 Å². The molecule has 2 amide bonds. The highest BCUT2D eigenvalue weighted by atomic mass is 79.9. The van der Waals surface area contributed by atoms with Gasteiger partial charge < -0.3 is 30.3 Å². The summed E-state index contributed by atoms with van der Waals surface area (Å²) in [6, 6.07) is 14.0. The molecule has 4 aliphatic carbocycles. The Morgan fingerprint density at radius 3 is 2.45 bits per heavy atom. The number of carbonyl (C=O) groups is 5. The molecule has 1 saturated heterocycles. The third-order valence-corrected chi connectivity index (χ3v) is 14.2. The minimum absolute atomic E-state index is 0.0105. The van der Waals surface area contributed by atoms with E-state index in [4.69, 9.17) is 9.47 Å². The molecule has 11 nitrogen and oxygen atoms in total. The fraction of sp³-hybridized carbons (Fsp3) is 0.523. The van der Waals surface area contributed by atoms with Crippen LogP contribution in [-0.4, -0.2) is 87.0 Å². The van der Waals surface area contributed by atoms with Gasteiger partial charge in [-0.3, -0.25) is 24.0 Å². The van der Waals surface area contributed by atoms with Gasteiger partial charge in [0.2, 0.25) is 11.8 Å². The number of alkyl halides is 3. The number of benzene rings is 2. The van der Waals surface area contributed by atoms with Crippen LogP contribution < -0.4 is 10.6 Å². The number of hydrogen-bond acceptors (Lipinski definition) is 9. The lowest BCUT2D eigenvalue weighted by Gasteiger charge is -2.63. The molecule has 12 atom stereocenters. The van der Waals surface area contributed by atoms with E-state index in [-0.39, 0.29) is 54.2 Å². The maximum Gasteiger partial charge on any atom is 0.231 e. The molecule has 5 aliphatic rings. The van der Waals surface area contributed by atoms with E-state index in [0.717, 1.165) is 17.2 Å². The summed E-state index contributed by atoms with van der Waals surface area (Å²) in [6.07, 6.45) is -1.37. The molecule has 310 valence electrons. The van der Waals surface area contributed by atoms with E-state index in [1.807, 2.05) is 42.5 Å². The van der Waals surface area contributed by atoms with E-state index in [9.17, 15) is 34.2 Å². The van der Waals surface area contributed by atoms with Crippen LogP contribution in [0.25, 0.3) is 0 Å². The van der Waals surface area contributed by atoms with Crippen molar-refractivity contribution in [2.24, 2.45) is 28.6 Å². The lowest BCUT2D eigenvalue weighted by atomic mass is 9.44. The molecule has 0 aromatic heterocycles. The number of nitrogens with one attached hydrogen (secondary N) is 2. The zero-order valence-electron chi connectivity index (χ0n) is 32.8. The van der Waals surface area contributed by atoms with Crippen LogP contribution in [0.3, 0.4) is 0 Å². The molecule has 0 unspecified atom stereocenters. The van der Waals surface area contributed by atoms with Crippen molar-refractivity contribution in [3.05, 3.63) is 89.0 Å². The third-order valence-electron chi connectivity index (χ3n) is 13.7. The highest BCUT2D eigenvalue weighted by molar-refractivity contribution is 9.09. The zero-order chi connectivity index (χ0) is 41.9. The Morgan fingerprint density at radius 1 is 1.03 bits per heavy atom. The van der Waals surface area contributed by atoms with Crippen LogP contribution in [0.1, 0.15) is 76.4 Å². The lowest BCUT2D eigenvalue weighted by molar-refractivity contribution is -0.235. The van der Waals surface area contributed by atoms with Gasteiger partial charge in [0.25, 0.3) is 0 Å². The molecule has 1 heterocycles. The molecule has 4 N–H and O–H groups in total. The number of Topliss-reactive ketones (excluding diaryl/α,β-unsaturated/α-hetero) is 2. The van der Waals surface area contributed by atoms with Gasteiger partial charge in [-0.1, -0.05) is 72.3 Å². The molecule has 1 aliphatic heterocycles. The molecule has 4 fully saturated rings. The smallest absolute Gasteiger partial charge is 0.231 e. The monoisotopic (exact) mass is 866 g/mol. The fourth-order valence-corrected chi connectivity index (χ4v) is 10.9. The Kier molecular flexibility index (Phi) is 11.3. The Hall–Kier alpha value is -3.95. The van der Waals surface area contributed by atoms with Crippen LogP contribution in [0.4, 0.5) is 14.5 Å². The highest BCUT2D eigenvalue weighted by Crippen LogP contribution is 2.72. The van der Waals surface area contributed by atoms with E-state index in [1.165, 1.54) is 19.1 Å². The van der Waals surface area contributed by atoms with Crippen LogP contribution in [0.2, 0.25) is 0 Å². The molecule has 58 heavy (non-hydrogen) atoms. The number of amides is 2. The molecule has 0 radical (unpaired) electrons. The van der Waals surface area contributed by atoms with Crippen LogP contribution >= 0.6 is 15.9 Å². The summed E-state index contributed by atoms with van der Waals surface area (Å²) in [7, 11) is 0. The topological polar surface area (TPSA) is 168 Å². The normalized spacial score (nSPS) is 35.7. The van der Waals surface area contributed by atoms with Crippen molar-refractivity contribution in [3.63, 3.8) is 0 Å². The van der Waals surface area contributed by atoms with Crippen molar-refractivity contribution in [2.45, 2.75) is 102 Å². The number of ether oxygens (including phenoxy) is 2. The highest BCUT2D eigenvalue weighted by Gasteiger charge is 2.80. The second kappa shape index (κ2) is 15.6. The summed E-state index contributed by atoms with van der Waals surface area (Å²) in [4.78, 5) is 63.2. The van der Waals surface area contributed by atoms with Gasteiger partial charge in [0.15, 0.2) is 34.9 Å². The molecule has 2 aromatic rings. The van der Waals surface area contributed by atoms with Crippen LogP contribution in [-0.2, 0) is 39.9 Å². The van der Waals surface area contributed by atoms with Crippen molar-refractivity contribution in [3.8, 4) is 0 Å². The number of allylic oxidation sites excluding steroid dienone is 4. The number of aliphatic hydroxyl groups excluding tert-OH is 2. The molecule has 0 bridgehead atoms. The minimum atomic E-state index is -2.34. The molecule has 14 heteroatoms. The molecular weight excluding hydrogens is 818 g/mol. The van der Waals surface area contributed by atoms with Crippen LogP contribution in [0, 0.1) is 28.6 Å². The summed E-state index contributed by atoms with van der Waals surface area (Å²) >= 11 is 3.05. The number of fused-ring (bicyclic) bond motifs is 7. The van der Waals surface area contributed by atoms with Gasteiger partial charge >= 0.3 is 0 Å². The molecule has 7 rings (SSSR count). The Balaban J connectivity index is 1.04. The maximum absolute atomic E-state index is 17.7. The number of anilines is 1. The summed E-state index contributed by atoms with van der Waals surface area (Å²) < 4.78 is 46.7. The second-order valence-corrected chi connectivity index (χ2v) is 17.6. The first-order valence-electron chi connectivity index (χ1n) is 19.7. The SMILES string of the molecule is C[C@H](CC(=O)[C@H](C)NC(=O)CBr)C(=O)Nc1cccc(Cc2ccc([C@@H]3O[C@@H]4C[C@H]5[C@@H]6C[C@H](F)C7=CC(=O)C=C[C@]7(C)[C@@]6(F)[C@@H](O)C[C@]5(C)[C@]4(C(=O)CO)O3)cc2)c1. The molecule has 0 spiro atoms. The first-order chi connectivity index (χ1) is 27.4. The van der Waals surface area contributed by atoms with Crippen molar-refractivity contribution in [2.75, 3.05) is 17.3 Å². The fourth-order valence-electron chi connectivity index (χ4n) is 10.7. The van der Waals surface area contributed by atoms with Crippen LogP contribution in [0.15, 0.2) is 72.3 Å². The quantitative estimate of drug-likeness (QED) is 0.206. The largest absolute Gasteiger partial charge is 0.390 e. The Morgan fingerprint density at radius 2 is 1.76 bits per heavy atom. The van der Waals surface area contributed by atoms with Gasteiger partial charge in [-0.15, -0.1) is 0 Å². The van der Waals surface area contributed by atoms with Gasteiger partial charge in [-0.25, -0.2) is 8.78 Å². The van der Waals surface area contributed by atoms with Gasteiger partial charge in [0.1, 0.15) is 12.8 Å². The van der Waals surface area contributed by atoms with Crippen LogP contribution in [0.5, 0.6) is 0 Å². The number of rotatable bonds is 12. The van der Waals surface area contributed by atoms with Gasteiger partial charge in [0, 0.05) is 40.3 Å². The number of ketones is 3. The second-order valence-electron chi connectivity index (χ2n) is 17.1. The standard InChI is InChI=1S/C44H49BrF2N2O9/c1-23(14-34(52)24(2)48-38(55)21-45)39(56)49-28-7-5-6-26(16-28)15-25-8-10-27(11-9-25)40-57-37-19-30-31-18-33(46)32-17-29(51)12-13-41(32,3)43(31,47)35(53)20-42(30,4)44(37,58-40)36(54)22-50/h5-13,16-17,23-24,30-31,33,35,37,40,50,53H,14-15,18-22H2,1-4H3,(H,48,55)(H,49,56)/t23-,24+,30+,31+,33+,35+,37-,40-,41+,42+,43+,44-/m1/s1. The van der Waals surface area contributed by atoms with Gasteiger partial charge in [0.05, 0.1) is 23.6 Å². The van der Waals surface area contributed by atoms with E-state index in [2.05, 4.69) is 26.6 Å². The molecule has 2 aromatic carbocycles. The first kappa shape index (κ1) is 42.2. The molecular formula is C44H49BrF2N2O9. The van der Waals surface area contributed by atoms with Gasteiger partial charge in [-0.2, -0.15) is 0 Å². The van der Waals surface area contributed by atoms with E-state index in [0.29, 0.717) is 17.7 Å². The van der Waals surface area contributed by atoms with Gasteiger partial charge in [-0.05, 0) is 86.4 Å². The summed E-state index contributed by atoms with van der Waals surface area (Å²) in [5.74, 6) is -4.30. The predicted octanol–water partition coefficient (Wildman–Crippen LogP) is 5.35. The zero-order valence-corrected chi connectivity index (χ0v) is 34.4. The first-order valence-corrected chi connectivity index (χ1v) is 20.8. The van der Waals surface area contributed by atoms with Crippen molar-refractivity contribution in [1.82, 2.24) is 5.32 Å². The van der Waals surface area contributed by atoms with E-state index < -0.39 is 88.7 Å². The maximum atomic E-state index is 17.7. The predicted molar refractivity (Wildman–Crippen MR) is 212 cm³/mol.